The van der Waals surface area contributed by atoms with Crippen LogP contribution in [-0.4, -0.2) is 18.1 Å². The van der Waals surface area contributed by atoms with Crippen molar-refractivity contribution < 1.29 is 0 Å². The Morgan fingerprint density at radius 2 is 2.20 bits per heavy atom. The topological polar surface area (TPSA) is 12.0 Å². The van der Waals surface area contributed by atoms with Crippen LogP contribution in [0.3, 0.4) is 0 Å². The maximum Gasteiger partial charge on any atom is 0.0441 e. The minimum atomic E-state index is 0.542. The van der Waals surface area contributed by atoms with Crippen molar-refractivity contribution in [2.24, 2.45) is 0 Å². The van der Waals surface area contributed by atoms with Crippen molar-refractivity contribution >= 4 is 11.8 Å². The second-order valence-electron chi connectivity index (χ2n) is 4.00. The number of hydrogen-bond donors (Lipinski definition) is 1. The van der Waals surface area contributed by atoms with Gasteiger partial charge in [0.25, 0.3) is 0 Å². The Hall–Kier alpha value is -0.470. The molecule has 0 aromatic heterocycles. The summed E-state index contributed by atoms with van der Waals surface area (Å²) in [7, 11) is 2.08. The molecule has 1 aliphatic carbocycles. The molecule has 0 spiro atoms. The summed E-state index contributed by atoms with van der Waals surface area (Å²) in [4.78, 5) is 0. The fourth-order valence-electron chi connectivity index (χ4n) is 2.46. The summed E-state index contributed by atoms with van der Waals surface area (Å²) in [5, 5.41) is 4.22. The van der Waals surface area contributed by atoms with E-state index >= 15 is 0 Å². The van der Waals surface area contributed by atoms with E-state index in [0.717, 1.165) is 5.25 Å². The number of rotatable bonds is 3. The normalized spacial score (nSPS) is 24.9. The molecule has 0 aliphatic heterocycles. The van der Waals surface area contributed by atoms with Gasteiger partial charge in [0.15, 0.2) is 0 Å². The summed E-state index contributed by atoms with van der Waals surface area (Å²) in [5.74, 6) is 1.21. The van der Waals surface area contributed by atoms with Crippen LogP contribution in [0.1, 0.15) is 30.5 Å². The first-order valence-electron chi connectivity index (χ1n) is 5.73. The lowest BCUT2D eigenvalue weighted by Gasteiger charge is -2.32. The minimum absolute atomic E-state index is 0.542. The molecule has 15 heavy (non-hydrogen) atoms. The molecule has 2 unspecified atom stereocenters. The molecule has 82 valence electrons. The molecule has 1 nitrogen and oxygen atoms in total. The second-order valence-corrected chi connectivity index (χ2v) is 5.51. The first kappa shape index (κ1) is 11.0. The Bertz CT molecular complexity index is 324. The van der Waals surface area contributed by atoms with E-state index < -0.39 is 0 Å². The lowest BCUT2D eigenvalue weighted by molar-refractivity contribution is 0.511. The summed E-state index contributed by atoms with van der Waals surface area (Å²) in [6.07, 6.45) is 2.55. The summed E-state index contributed by atoms with van der Waals surface area (Å²) >= 11 is 2.09. The van der Waals surface area contributed by atoms with Gasteiger partial charge in [0.05, 0.1) is 0 Å². The van der Waals surface area contributed by atoms with Crippen molar-refractivity contribution in [3.8, 4) is 0 Å². The Morgan fingerprint density at radius 3 is 2.93 bits per heavy atom. The highest BCUT2D eigenvalue weighted by Gasteiger charge is 2.27. The Kier molecular flexibility index (Phi) is 3.71. The molecule has 1 N–H and O–H groups in total. The smallest absolute Gasteiger partial charge is 0.0441 e. The average Bonchev–Trinajstić information content (AvgIpc) is 2.29. The first-order valence-corrected chi connectivity index (χ1v) is 6.78. The van der Waals surface area contributed by atoms with E-state index in [1.165, 1.54) is 29.7 Å². The van der Waals surface area contributed by atoms with Crippen LogP contribution in [0.5, 0.6) is 0 Å². The highest BCUT2D eigenvalue weighted by atomic mass is 32.2. The Balaban J connectivity index is 2.26. The standard InChI is InChI=1S/C13H19NS/c1-3-15-12-9-8-10-6-4-5-7-11(10)13(12)14-2/h4-7,12-14H,3,8-9H2,1-2H3. The molecular formula is C13H19NS. The molecule has 2 rings (SSSR count). The molecule has 0 radical (unpaired) electrons. The van der Waals surface area contributed by atoms with Crippen molar-refractivity contribution in [3.63, 3.8) is 0 Å². The van der Waals surface area contributed by atoms with Gasteiger partial charge in [-0.2, -0.15) is 11.8 Å². The molecule has 0 saturated carbocycles. The van der Waals surface area contributed by atoms with E-state index in [1.54, 1.807) is 0 Å². The van der Waals surface area contributed by atoms with E-state index in [9.17, 15) is 0 Å². The number of hydrogen-bond acceptors (Lipinski definition) is 2. The zero-order chi connectivity index (χ0) is 10.7. The average molecular weight is 221 g/mol. The summed E-state index contributed by atoms with van der Waals surface area (Å²) in [5.41, 5.74) is 3.04. The monoisotopic (exact) mass is 221 g/mol. The quantitative estimate of drug-likeness (QED) is 0.842. The van der Waals surface area contributed by atoms with Gasteiger partial charge in [-0.3, -0.25) is 0 Å². The predicted molar refractivity (Wildman–Crippen MR) is 68.5 cm³/mol. The third-order valence-corrected chi connectivity index (χ3v) is 4.42. The molecule has 0 amide bonds. The van der Waals surface area contributed by atoms with Crippen LogP contribution in [0.4, 0.5) is 0 Å². The van der Waals surface area contributed by atoms with Crippen molar-refractivity contribution in [1.82, 2.24) is 5.32 Å². The molecule has 1 aliphatic rings. The zero-order valence-corrected chi connectivity index (χ0v) is 10.3. The molecule has 0 heterocycles. The van der Waals surface area contributed by atoms with Crippen LogP contribution >= 0.6 is 11.8 Å². The van der Waals surface area contributed by atoms with Crippen LogP contribution in [0.2, 0.25) is 0 Å². The summed E-state index contributed by atoms with van der Waals surface area (Å²) < 4.78 is 0. The van der Waals surface area contributed by atoms with Gasteiger partial charge in [0, 0.05) is 11.3 Å². The van der Waals surface area contributed by atoms with E-state index in [-0.39, 0.29) is 0 Å². The van der Waals surface area contributed by atoms with Crippen molar-refractivity contribution in [1.29, 1.82) is 0 Å². The largest absolute Gasteiger partial charge is 0.312 e. The van der Waals surface area contributed by atoms with E-state index in [4.69, 9.17) is 0 Å². The molecule has 2 heteroatoms. The lowest BCUT2D eigenvalue weighted by Crippen LogP contribution is -2.32. The van der Waals surface area contributed by atoms with Crippen molar-refractivity contribution in [2.75, 3.05) is 12.8 Å². The van der Waals surface area contributed by atoms with Crippen molar-refractivity contribution in [3.05, 3.63) is 35.4 Å². The van der Waals surface area contributed by atoms with Crippen LogP contribution in [0.15, 0.2) is 24.3 Å². The third-order valence-electron chi connectivity index (χ3n) is 3.15. The number of benzene rings is 1. The number of aryl methyl sites for hydroxylation is 1. The Labute approximate surface area is 96.7 Å². The maximum absolute atomic E-state index is 3.47. The number of fused-ring (bicyclic) bond motifs is 1. The van der Waals surface area contributed by atoms with Gasteiger partial charge >= 0.3 is 0 Å². The SMILES string of the molecule is CCSC1CCc2ccccc2C1NC. The van der Waals surface area contributed by atoms with Gasteiger partial charge in [-0.25, -0.2) is 0 Å². The minimum Gasteiger partial charge on any atom is -0.312 e. The van der Waals surface area contributed by atoms with E-state index in [2.05, 4.69) is 55.3 Å². The molecule has 1 aromatic rings. The van der Waals surface area contributed by atoms with Crippen LogP contribution < -0.4 is 5.32 Å². The van der Waals surface area contributed by atoms with Crippen molar-refractivity contribution in [2.45, 2.75) is 31.1 Å². The van der Waals surface area contributed by atoms with Crippen LogP contribution in [0.25, 0.3) is 0 Å². The van der Waals surface area contributed by atoms with Gasteiger partial charge in [-0.05, 0) is 36.8 Å². The van der Waals surface area contributed by atoms with Crippen LogP contribution in [0, 0.1) is 0 Å². The van der Waals surface area contributed by atoms with Gasteiger partial charge in [0.1, 0.15) is 0 Å². The van der Waals surface area contributed by atoms with Gasteiger partial charge in [-0.1, -0.05) is 31.2 Å². The maximum atomic E-state index is 3.47. The number of nitrogens with one attached hydrogen (secondary N) is 1. The van der Waals surface area contributed by atoms with E-state index in [0.29, 0.717) is 6.04 Å². The lowest BCUT2D eigenvalue weighted by atomic mass is 9.87. The summed E-state index contributed by atoms with van der Waals surface area (Å²) in [6.45, 7) is 2.25. The fraction of sp³-hybridized carbons (Fsp3) is 0.538. The first-order chi connectivity index (χ1) is 7.36. The van der Waals surface area contributed by atoms with Gasteiger partial charge in [0.2, 0.25) is 0 Å². The molecule has 2 atom stereocenters. The number of thioether (sulfide) groups is 1. The van der Waals surface area contributed by atoms with E-state index in [1.807, 2.05) is 0 Å². The van der Waals surface area contributed by atoms with Crippen LogP contribution in [-0.2, 0) is 6.42 Å². The molecule has 0 saturated heterocycles. The fourth-order valence-corrected chi connectivity index (χ4v) is 3.65. The third kappa shape index (κ3) is 2.21. The van der Waals surface area contributed by atoms with Gasteiger partial charge < -0.3 is 5.32 Å². The highest BCUT2D eigenvalue weighted by molar-refractivity contribution is 7.99. The molecular weight excluding hydrogens is 202 g/mol. The molecule has 0 fully saturated rings. The summed E-state index contributed by atoms with van der Waals surface area (Å²) in [6, 6.07) is 9.40. The zero-order valence-electron chi connectivity index (χ0n) is 9.49. The van der Waals surface area contributed by atoms with Gasteiger partial charge in [-0.15, -0.1) is 0 Å². The molecule has 0 bridgehead atoms. The highest BCUT2D eigenvalue weighted by Crippen LogP contribution is 2.36. The Morgan fingerprint density at radius 1 is 1.40 bits per heavy atom. The molecule has 1 aromatic carbocycles. The predicted octanol–water partition coefficient (Wildman–Crippen LogP) is 3.02. The second kappa shape index (κ2) is 5.04.